The predicted molar refractivity (Wildman–Crippen MR) is 148 cm³/mol. The molecule has 0 radical (unpaired) electrons. The SMILES string of the molecule is C=CCc1cc(/C=C2\SC(=O)N(Cc3ccccc3Br)C2=O)cc(OCC)c1OCc1ccccc1. The Morgan fingerprint density at radius 1 is 1.00 bits per heavy atom. The predicted octanol–water partition coefficient (Wildman–Crippen LogP) is 7.39. The fourth-order valence-corrected chi connectivity index (χ4v) is 5.06. The van der Waals surface area contributed by atoms with Crippen molar-refractivity contribution >= 4 is 44.9 Å². The minimum Gasteiger partial charge on any atom is -0.490 e. The van der Waals surface area contributed by atoms with E-state index in [1.807, 2.05) is 73.7 Å². The number of ether oxygens (including phenoxy) is 2. The van der Waals surface area contributed by atoms with E-state index >= 15 is 0 Å². The maximum Gasteiger partial charge on any atom is 0.293 e. The molecule has 1 heterocycles. The maximum absolute atomic E-state index is 13.1. The third-order valence-electron chi connectivity index (χ3n) is 5.50. The highest BCUT2D eigenvalue weighted by Gasteiger charge is 2.35. The topological polar surface area (TPSA) is 55.8 Å². The fraction of sp³-hybridized carbons (Fsp3) is 0.172. The first kappa shape index (κ1) is 25.8. The van der Waals surface area contributed by atoms with Crippen LogP contribution in [0.5, 0.6) is 11.5 Å². The van der Waals surface area contributed by atoms with Crippen molar-refractivity contribution < 1.29 is 19.1 Å². The Kier molecular flexibility index (Phi) is 8.67. The molecule has 0 spiro atoms. The van der Waals surface area contributed by atoms with E-state index in [1.54, 1.807) is 12.2 Å². The van der Waals surface area contributed by atoms with Gasteiger partial charge in [0.2, 0.25) is 0 Å². The van der Waals surface area contributed by atoms with Gasteiger partial charge < -0.3 is 9.47 Å². The summed E-state index contributed by atoms with van der Waals surface area (Å²) in [7, 11) is 0. The molecule has 0 saturated carbocycles. The molecule has 1 fully saturated rings. The van der Waals surface area contributed by atoms with Crippen LogP contribution in [0.15, 0.2) is 88.8 Å². The lowest BCUT2D eigenvalue weighted by atomic mass is 10.0. The summed E-state index contributed by atoms with van der Waals surface area (Å²) in [6, 6.07) is 21.3. The van der Waals surface area contributed by atoms with Crippen molar-refractivity contribution in [2.45, 2.75) is 26.5 Å². The van der Waals surface area contributed by atoms with Gasteiger partial charge in [-0.1, -0.05) is 70.5 Å². The minimum absolute atomic E-state index is 0.210. The van der Waals surface area contributed by atoms with Gasteiger partial charge in [-0.3, -0.25) is 14.5 Å². The molecule has 5 nitrogen and oxygen atoms in total. The molecule has 0 N–H and O–H groups in total. The van der Waals surface area contributed by atoms with Crippen molar-refractivity contribution in [3.63, 3.8) is 0 Å². The second kappa shape index (κ2) is 12.1. The molecule has 1 saturated heterocycles. The summed E-state index contributed by atoms with van der Waals surface area (Å²) >= 11 is 4.43. The van der Waals surface area contributed by atoms with Crippen molar-refractivity contribution in [3.8, 4) is 11.5 Å². The lowest BCUT2D eigenvalue weighted by Gasteiger charge is -2.17. The van der Waals surface area contributed by atoms with Crippen LogP contribution in [0.1, 0.15) is 29.2 Å². The number of nitrogens with zero attached hydrogens (tertiary/aromatic N) is 1. The Morgan fingerprint density at radius 3 is 2.47 bits per heavy atom. The minimum atomic E-state index is -0.312. The van der Waals surface area contributed by atoms with Gasteiger partial charge in [-0.05, 0) is 66.1 Å². The van der Waals surface area contributed by atoms with Gasteiger partial charge in [-0.25, -0.2) is 0 Å². The molecule has 0 unspecified atom stereocenters. The zero-order valence-corrected chi connectivity index (χ0v) is 22.3. The first-order valence-electron chi connectivity index (χ1n) is 11.6. The fourth-order valence-electron chi connectivity index (χ4n) is 3.81. The van der Waals surface area contributed by atoms with Crippen LogP contribution in [0, 0.1) is 0 Å². The number of halogens is 1. The number of allylic oxidation sites excluding steroid dienone is 1. The maximum atomic E-state index is 13.1. The van der Waals surface area contributed by atoms with Crippen molar-refractivity contribution in [3.05, 3.63) is 111 Å². The van der Waals surface area contributed by atoms with Crippen molar-refractivity contribution in [1.29, 1.82) is 0 Å². The highest BCUT2D eigenvalue weighted by Crippen LogP contribution is 2.38. The average molecular weight is 565 g/mol. The Labute approximate surface area is 223 Å². The largest absolute Gasteiger partial charge is 0.490 e. The van der Waals surface area contributed by atoms with Crippen LogP contribution in [0.25, 0.3) is 6.08 Å². The van der Waals surface area contributed by atoms with Gasteiger partial charge in [0, 0.05) is 10.0 Å². The Morgan fingerprint density at radius 2 is 1.75 bits per heavy atom. The molecule has 0 atom stereocenters. The van der Waals surface area contributed by atoms with E-state index in [-0.39, 0.29) is 17.7 Å². The number of benzene rings is 3. The summed E-state index contributed by atoms with van der Waals surface area (Å²) in [5.41, 5.74) is 3.57. The lowest BCUT2D eigenvalue weighted by molar-refractivity contribution is -0.123. The Balaban J connectivity index is 1.62. The molecule has 36 heavy (non-hydrogen) atoms. The first-order chi connectivity index (χ1) is 17.5. The molecule has 0 aliphatic carbocycles. The number of hydrogen-bond acceptors (Lipinski definition) is 5. The summed E-state index contributed by atoms with van der Waals surface area (Å²) in [5, 5.41) is -0.291. The van der Waals surface area contributed by atoms with Crippen molar-refractivity contribution in [2.75, 3.05) is 6.61 Å². The van der Waals surface area contributed by atoms with Crippen LogP contribution in [0.2, 0.25) is 0 Å². The first-order valence-corrected chi connectivity index (χ1v) is 13.2. The number of thioether (sulfide) groups is 1. The highest BCUT2D eigenvalue weighted by molar-refractivity contribution is 9.10. The molecular formula is C29H26BrNO4S. The van der Waals surface area contributed by atoms with Gasteiger partial charge in [0.1, 0.15) is 6.61 Å². The number of imide groups is 1. The van der Waals surface area contributed by atoms with Crippen LogP contribution >= 0.6 is 27.7 Å². The molecule has 3 aromatic rings. The van der Waals surface area contributed by atoms with E-state index in [9.17, 15) is 9.59 Å². The molecule has 0 bridgehead atoms. The molecule has 2 amide bonds. The lowest BCUT2D eigenvalue weighted by Crippen LogP contribution is -2.27. The Hall–Kier alpha value is -3.29. The summed E-state index contributed by atoms with van der Waals surface area (Å²) in [6.07, 6.45) is 4.10. The van der Waals surface area contributed by atoms with E-state index in [4.69, 9.17) is 9.47 Å². The van der Waals surface area contributed by atoms with E-state index < -0.39 is 0 Å². The number of rotatable bonds is 10. The van der Waals surface area contributed by atoms with E-state index in [0.29, 0.717) is 36.0 Å². The molecule has 7 heteroatoms. The monoisotopic (exact) mass is 563 g/mol. The summed E-state index contributed by atoms with van der Waals surface area (Å²) in [5.74, 6) is 0.930. The third-order valence-corrected chi connectivity index (χ3v) is 7.18. The molecule has 1 aliphatic heterocycles. The van der Waals surface area contributed by atoms with Crippen LogP contribution in [-0.2, 0) is 24.4 Å². The average Bonchev–Trinajstić information content (AvgIpc) is 3.13. The van der Waals surface area contributed by atoms with E-state index in [2.05, 4.69) is 22.5 Å². The van der Waals surface area contributed by atoms with Gasteiger partial charge in [0.25, 0.3) is 11.1 Å². The van der Waals surface area contributed by atoms with Crippen molar-refractivity contribution in [1.82, 2.24) is 4.90 Å². The van der Waals surface area contributed by atoms with Crippen LogP contribution < -0.4 is 9.47 Å². The second-order valence-electron chi connectivity index (χ2n) is 8.07. The summed E-state index contributed by atoms with van der Waals surface area (Å²) in [4.78, 5) is 27.4. The number of hydrogen-bond donors (Lipinski definition) is 0. The standard InChI is InChI=1S/C29H26BrNO4S/c1-3-10-22-15-21(16-25(34-4-2)27(22)35-19-20-11-6-5-7-12-20)17-26-28(32)31(29(33)36-26)18-23-13-8-9-14-24(23)30/h3,5-9,11-17H,1,4,10,18-19H2,2H3/b26-17-. The van der Waals surface area contributed by atoms with Gasteiger partial charge in [-0.15, -0.1) is 6.58 Å². The highest BCUT2D eigenvalue weighted by atomic mass is 79.9. The summed E-state index contributed by atoms with van der Waals surface area (Å²) in [6.45, 7) is 6.86. The number of carbonyl (C=O) groups excluding carboxylic acids is 2. The quantitative estimate of drug-likeness (QED) is 0.190. The smallest absolute Gasteiger partial charge is 0.293 e. The van der Waals surface area contributed by atoms with Gasteiger partial charge in [0.15, 0.2) is 11.5 Å². The normalized spacial score (nSPS) is 14.4. The van der Waals surface area contributed by atoms with Gasteiger partial charge in [-0.2, -0.15) is 0 Å². The molecule has 1 aliphatic rings. The zero-order chi connectivity index (χ0) is 25.5. The molecule has 4 rings (SSSR count). The second-order valence-corrected chi connectivity index (χ2v) is 9.91. The van der Waals surface area contributed by atoms with Crippen LogP contribution in [-0.4, -0.2) is 22.7 Å². The van der Waals surface area contributed by atoms with Gasteiger partial charge in [0.05, 0.1) is 18.1 Å². The zero-order valence-electron chi connectivity index (χ0n) is 19.9. The number of amides is 2. The van der Waals surface area contributed by atoms with Crippen LogP contribution in [0.4, 0.5) is 4.79 Å². The molecule has 184 valence electrons. The summed E-state index contributed by atoms with van der Waals surface area (Å²) < 4.78 is 13.0. The van der Waals surface area contributed by atoms with E-state index in [1.165, 1.54) is 4.90 Å². The molecule has 3 aromatic carbocycles. The third kappa shape index (κ3) is 6.09. The van der Waals surface area contributed by atoms with Crippen LogP contribution in [0.3, 0.4) is 0 Å². The van der Waals surface area contributed by atoms with E-state index in [0.717, 1.165) is 38.5 Å². The Bertz CT molecular complexity index is 1310. The van der Waals surface area contributed by atoms with Crippen molar-refractivity contribution in [2.24, 2.45) is 0 Å². The van der Waals surface area contributed by atoms with Gasteiger partial charge >= 0.3 is 0 Å². The number of carbonyl (C=O) groups is 2. The molecular weight excluding hydrogens is 538 g/mol. The molecule has 0 aromatic heterocycles.